The van der Waals surface area contributed by atoms with Crippen molar-refractivity contribution in [3.63, 3.8) is 0 Å². The lowest BCUT2D eigenvalue weighted by atomic mass is 10.3. The van der Waals surface area contributed by atoms with Crippen LogP contribution in [-0.2, 0) is 10.0 Å². The molecule has 1 aromatic heterocycles. The fourth-order valence-electron chi connectivity index (χ4n) is 3.03. The zero-order chi connectivity index (χ0) is 24.0. The molecule has 0 aliphatic carbocycles. The Morgan fingerprint density at radius 1 is 0.909 bits per heavy atom. The highest BCUT2D eigenvalue weighted by Gasteiger charge is 2.21. The summed E-state index contributed by atoms with van der Waals surface area (Å²) in [4.78, 5) is 10.8. The van der Waals surface area contributed by atoms with Crippen molar-refractivity contribution >= 4 is 33.2 Å². The van der Waals surface area contributed by atoms with Gasteiger partial charge in [0.2, 0.25) is 5.95 Å². The molecule has 3 aromatic rings. The van der Waals surface area contributed by atoms with Crippen LogP contribution in [0.15, 0.2) is 53.4 Å². The van der Waals surface area contributed by atoms with Crippen molar-refractivity contribution in [2.75, 3.05) is 42.2 Å². The largest absolute Gasteiger partial charge is 0.494 e. The quantitative estimate of drug-likeness (QED) is 0.453. The van der Waals surface area contributed by atoms with Crippen molar-refractivity contribution in [1.29, 1.82) is 0 Å². The van der Waals surface area contributed by atoms with Crippen LogP contribution in [-0.4, -0.2) is 45.7 Å². The lowest BCUT2D eigenvalue weighted by molar-refractivity contribution is 0.322. The summed E-state index contributed by atoms with van der Waals surface area (Å²) in [5.74, 6) is 1.96. The van der Waals surface area contributed by atoms with Crippen molar-refractivity contribution < 1.29 is 17.9 Å². The van der Waals surface area contributed by atoms with E-state index in [1.807, 2.05) is 38.9 Å². The zero-order valence-electron chi connectivity index (χ0n) is 19.4. The first-order valence-electron chi connectivity index (χ1n) is 10.5. The summed E-state index contributed by atoms with van der Waals surface area (Å²) < 4.78 is 39.7. The lowest BCUT2D eigenvalue weighted by Crippen LogP contribution is -2.15. The van der Waals surface area contributed by atoms with E-state index in [-0.39, 0.29) is 10.6 Å². The summed E-state index contributed by atoms with van der Waals surface area (Å²) in [6.45, 7) is 6.30. The molecule has 9 nitrogen and oxygen atoms in total. The maximum Gasteiger partial charge on any atom is 0.265 e. The second-order valence-corrected chi connectivity index (χ2v) is 9.02. The van der Waals surface area contributed by atoms with Gasteiger partial charge in [0.1, 0.15) is 22.2 Å². The molecular formula is C23H29N5O4S. The van der Waals surface area contributed by atoms with E-state index in [1.165, 1.54) is 6.07 Å². The van der Waals surface area contributed by atoms with Crippen LogP contribution in [0.25, 0.3) is 0 Å². The van der Waals surface area contributed by atoms with E-state index in [0.29, 0.717) is 30.6 Å². The van der Waals surface area contributed by atoms with Crippen molar-refractivity contribution in [2.24, 2.45) is 0 Å². The molecule has 33 heavy (non-hydrogen) atoms. The molecule has 0 unspecified atom stereocenters. The van der Waals surface area contributed by atoms with Gasteiger partial charge < -0.3 is 19.7 Å². The monoisotopic (exact) mass is 471 g/mol. The third-order valence-corrected chi connectivity index (χ3v) is 5.91. The number of nitrogens with zero attached hydrogens (tertiary/aromatic N) is 3. The van der Waals surface area contributed by atoms with E-state index in [9.17, 15) is 8.42 Å². The van der Waals surface area contributed by atoms with Crippen molar-refractivity contribution in [1.82, 2.24) is 9.97 Å². The van der Waals surface area contributed by atoms with Gasteiger partial charge >= 0.3 is 0 Å². The molecule has 3 rings (SSSR count). The number of nitrogens with one attached hydrogen (secondary N) is 2. The van der Waals surface area contributed by atoms with Gasteiger partial charge in [0.15, 0.2) is 0 Å². The first-order valence-corrected chi connectivity index (χ1v) is 12.0. The van der Waals surface area contributed by atoms with Crippen LogP contribution >= 0.6 is 0 Å². The summed E-state index contributed by atoms with van der Waals surface area (Å²) in [6, 6.07) is 13.5. The predicted octanol–water partition coefficient (Wildman–Crippen LogP) is 4.19. The Morgan fingerprint density at radius 3 is 2.21 bits per heavy atom. The highest BCUT2D eigenvalue weighted by molar-refractivity contribution is 7.92. The Morgan fingerprint density at radius 2 is 1.58 bits per heavy atom. The van der Waals surface area contributed by atoms with Crippen molar-refractivity contribution in [3.05, 3.63) is 54.2 Å². The fraction of sp³-hybridized carbons (Fsp3) is 0.304. The number of aromatic nitrogens is 2. The van der Waals surface area contributed by atoms with Crippen LogP contribution in [0.4, 0.5) is 23.1 Å². The predicted molar refractivity (Wildman–Crippen MR) is 130 cm³/mol. The number of hydrogen-bond donors (Lipinski definition) is 2. The van der Waals surface area contributed by atoms with E-state index in [2.05, 4.69) is 20.0 Å². The van der Waals surface area contributed by atoms with Crippen LogP contribution < -0.4 is 24.4 Å². The van der Waals surface area contributed by atoms with Crippen LogP contribution in [0.2, 0.25) is 0 Å². The van der Waals surface area contributed by atoms with Crippen LogP contribution in [0, 0.1) is 6.92 Å². The number of benzene rings is 2. The molecule has 0 saturated carbocycles. The Bertz CT molecular complexity index is 1200. The molecule has 176 valence electrons. The SMILES string of the molecule is CCOc1ccc(OCC)c(S(=O)(=O)Nc2ccc(Nc3nc(C)cc(N(C)C)n3)cc2)c1. The average molecular weight is 472 g/mol. The number of ether oxygens (including phenoxy) is 2. The molecule has 0 saturated heterocycles. The van der Waals surface area contributed by atoms with Gasteiger partial charge in [-0.1, -0.05) is 0 Å². The molecule has 1 heterocycles. The highest BCUT2D eigenvalue weighted by Crippen LogP contribution is 2.30. The molecule has 0 bridgehead atoms. The summed E-state index contributed by atoms with van der Waals surface area (Å²) in [5, 5.41) is 3.15. The summed E-state index contributed by atoms with van der Waals surface area (Å²) in [7, 11) is -0.0847. The second kappa shape index (κ2) is 10.4. The molecule has 0 radical (unpaired) electrons. The Hall–Kier alpha value is -3.53. The smallest absolute Gasteiger partial charge is 0.265 e. The minimum Gasteiger partial charge on any atom is -0.494 e. The fourth-order valence-corrected chi connectivity index (χ4v) is 4.25. The number of rotatable bonds is 10. The van der Waals surface area contributed by atoms with Gasteiger partial charge in [-0.05, 0) is 57.2 Å². The van der Waals surface area contributed by atoms with Gasteiger partial charge in [0.25, 0.3) is 10.0 Å². The number of aryl methyl sites for hydroxylation is 1. The Labute approximate surface area is 194 Å². The third kappa shape index (κ3) is 6.26. The summed E-state index contributed by atoms with van der Waals surface area (Å²) in [5.41, 5.74) is 1.96. The van der Waals surface area contributed by atoms with Gasteiger partial charge in [0.05, 0.1) is 13.2 Å². The first-order chi connectivity index (χ1) is 15.7. The van der Waals surface area contributed by atoms with E-state index in [0.717, 1.165) is 17.2 Å². The molecule has 0 aliphatic rings. The maximum atomic E-state index is 13.1. The van der Waals surface area contributed by atoms with Crippen LogP contribution in [0.1, 0.15) is 19.5 Å². The minimum atomic E-state index is -3.91. The second-order valence-electron chi connectivity index (χ2n) is 7.37. The lowest BCUT2D eigenvalue weighted by Gasteiger charge is -2.15. The molecule has 0 atom stereocenters. The Kier molecular flexibility index (Phi) is 7.59. The number of sulfonamides is 1. The van der Waals surface area contributed by atoms with Gasteiger partial charge in [0, 0.05) is 43.3 Å². The molecule has 2 N–H and O–H groups in total. The molecular weight excluding hydrogens is 442 g/mol. The van der Waals surface area contributed by atoms with Crippen LogP contribution in [0.3, 0.4) is 0 Å². The number of anilines is 4. The molecule has 0 spiro atoms. The highest BCUT2D eigenvalue weighted by atomic mass is 32.2. The normalized spacial score (nSPS) is 11.1. The van der Waals surface area contributed by atoms with Gasteiger partial charge in [-0.25, -0.2) is 13.4 Å². The zero-order valence-corrected chi connectivity index (χ0v) is 20.2. The first kappa shape index (κ1) is 24.1. The number of hydrogen-bond acceptors (Lipinski definition) is 8. The summed E-state index contributed by atoms with van der Waals surface area (Å²) in [6.07, 6.45) is 0. The molecule has 2 aromatic carbocycles. The van der Waals surface area contributed by atoms with E-state index in [1.54, 1.807) is 43.3 Å². The average Bonchev–Trinajstić information content (AvgIpc) is 2.76. The molecule has 10 heteroatoms. The topological polar surface area (TPSA) is 106 Å². The molecule has 0 amide bonds. The van der Waals surface area contributed by atoms with Gasteiger partial charge in [-0.3, -0.25) is 4.72 Å². The third-order valence-electron chi connectivity index (χ3n) is 4.51. The van der Waals surface area contributed by atoms with E-state index in [4.69, 9.17) is 9.47 Å². The van der Waals surface area contributed by atoms with Gasteiger partial charge in [-0.15, -0.1) is 0 Å². The maximum absolute atomic E-state index is 13.1. The minimum absolute atomic E-state index is 0.0156. The molecule has 0 fully saturated rings. The van der Waals surface area contributed by atoms with E-state index < -0.39 is 10.0 Å². The van der Waals surface area contributed by atoms with Gasteiger partial charge in [-0.2, -0.15) is 4.98 Å². The summed E-state index contributed by atoms with van der Waals surface area (Å²) >= 11 is 0. The molecule has 0 aliphatic heterocycles. The van der Waals surface area contributed by atoms with Crippen molar-refractivity contribution in [2.45, 2.75) is 25.7 Å². The van der Waals surface area contributed by atoms with Crippen LogP contribution in [0.5, 0.6) is 11.5 Å². The van der Waals surface area contributed by atoms with Crippen molar-refractivity contribution in [3.8, 4) is 11.5 Å². The Balaban J connectivity index is 1.80. The standard InChI is InChI=1S/C23H29N5O4S/c1-6-31-19-12-13-20(32-7-2)21(15-19)33(29,30)27-18-10-8-17(9-11-18)25-23-24-16(3)14-22(26-23)28(4)5/h8-15,27H,6-7H2,1-5H3,(H,24,25,26). The van der Waals surface area contributed by atoms with E-state index >= 15 is 0 Å².